The monoisotopic (exact) mass is 266 g/mol. The van der Waals surface area contributed by atoms with Gasteiger partial charge in [-0.3, -0.25) is 4.79 Å². The van der Waals surface area contributed by atoms with Gasteiger partial charge in [0.05, 0.1) is 18.4 Å². The van der Waals surface area contributed by atoms with Gasteiger partial charge in [-0.25, -0.2) is 5.01 Å². The van der Waals surface area contributed by atoms with E-state index in [1.807, 2.05) is 0 Å². The molecule has 0 saturated carbocycles. The van der Waals surface area contributed by atoms with Crippen LogP contribution in [0.1, 0.15) is 0 Å². The molecule has 0 radical (unpaired) electrons. The first-order chi connectivity index (χ1) is 8.30. The fraction of sp³-hybridized carbons (Fsp3) is 0.875. The van der Waals surface area contributed by atoms with Crippen molar-refractivity contribution in [2.24, 2.45) is 5.29 Å². The molecule has 1 saturated heterocycles. The third kappa shape index (κ3) is 3.11. The molecule has 18 heavy (non-hydrogen) atoms. The molecule has 104 valence electrons. The minimum absolute atomic E-state index is 0.413. The topological polar surface area (TPSA) is 160 Å². The smallest absolute Gasteiger partial charge is 0.325 e. The van der Waals surface area contributed by atoms with E-state index in [4.69, 9.17) is 9.84 Å². The van der Waals surface area contributed by atoms with E-state index in [1.54, 1.807) is 0 Å². The third-order valence-electron chi connectivity index (χ3n) is 2.53. The van der Waals surface area contributed by atoms with Crippen LogP contribution in [0.15, 0.2) is 5.29 Å². The molecule has 0 amide bonds. The minimum Gasteiger partial charge on any atom is -0.480 e. The molecule has 0 aromatic heterocycles. The van der Waals surface area contributed by atoms with Crippen LogP contribution in [-0.4, -0.2) is 80.3 Å². The number of aliphatic hydroxyl groups is 4. The van der Waals surface area contributed by atoms with Crippen molar-refractivity contribution in [3.63, 3.8) is 0 Å². The summed E-state index contributed by atoms with van der Waals surface area (Å²) in [5.74, 6) is -3.76. The zero-order valence-corrected chi connectivity index (χ0v) is 9.21. The van der Waals surface area contributed by atoms with Gasteiger partial charge in [-0.15, -0.1) is 4.91 Å². The Morgan fingerprint density at radius 3 is 2.56 bits per heavy atom. The molecule has 4 atom stereocenters. The zero-order chi connectivity index (χ0) is 13.9. The number of carboxylic acid groups (broad SMARTS) is 1. The van der Waals surface area contributed by atoms with Gasteiger partial charge in [-0.05, 0) is 0 Å². The van der Waals surface area contributed by atoms with Gasteiger partial charge in [-0.2, -0.15) is 0 Å². The normalized spacial score (nSPS) is 36.1. The van der Waals surface area contributed by atoms with E-state index in [1.165, 1.54) is 0 Å². The highest BCUT2D eigenvalue weighted by molar-refractivity contribution is 5.69. The SMILES string of the molecule is O=NN(CC(=O)O)CC1(O)OCC(O)C(O)C1O. The number of rotatable bonds is 5. The summed E-state index contributed by atoms with van der Waals surface area (Å²) in [7, 11) is 0. The molecule has 4 unspecified atom stereocenters. The standard InChI is InChI=1S/C8H14N2O8/c11-4-2-18-8(16,7(15)6(4)14)3-10(9-17)1-5(12)13/h4,6-7,11,14-16H,1-3H2,(H,12,13). The van der Waals surface area contributed by atoms with Gasteiger partial charge < -0.3 is 30.3 Å². The number of nitrogens with zero attached hydrogens (tertiary/aromatic N) is 2. The molecule has 0 aliphatic carbocycles. The Bertz CT molecular complexity index is 326. The van der Waals surface area contributed by atoms with E-state index in [2.05, 4.69) is 5.29 Å². The lowest BCUT2D eigenvalue weighted by Crippen LogP contribution is -2.64. The number of nitroso groups, excluding NO2 is 1. The first-order valence-corrected chi connectivity index (χ1v) is 5.00. The second-order valence-electron chi connectivity index (χ2n) is 3.96. The van der Waals surface area contributed by atoms with Crippen LogP contribution < -0.4 is 0 Å². The van der Waals surface area contributed by atoms with Crippen LogP contribution in [0.25, 0.3) is 0 Å². The number of aliphatic carboxylic acids is 1. The highest BCUT2D eigenvalue weighted by atomic mass is 16.6. The van der Waals surface area contributed by atoms with Gasteiger partial charge in [0.1, 0.15) is 24.9 Å². The lowest BCUT2D eigenvalue weighted by molar-refractivity contribution is -0.325. The molecule has 5 N–H and O–H groups in total. The average molecular weight is 266 g/mol. The number of carbonyl (C=O) groups is 1. The summed E-state index contributed by atoms with van der Waals surface area (Å²) in [6.07, 6.45) is -4.97. The summed E-state index contributed by atoms with van der Waals surface area (Å²) < 4.78 is 4.74. The van der Waals surface area contributed by atoms with Crippen LogP contribution in [-0.2, 0) is 9.53 Å². The fourth-order valence-corrected chi connectivity index (χ4v) is 1.56. The van der Waals surface area contributed by atoms with Crippen LogP contribution in [0, 0.1) is 4.91 Å². The Labute approximate surface area is 101 Å². The maximum atomic E-state index is 10.4. The number of ether oxygens (including phenoxy) is 1. The molecule has 0 bridgehead atoms. The molecule has 1 rings (SSSR count). The van der Waals surface area contributed by atoms with Gasteiger partial charge in [0.15, 0.2) is 0 Å². The van der Waals surface area contributed by atoms with Gasteiger partial charge in [0.25, 0.3) is 0 Å². The van der Waals surface area contributed by atoms with Crippen molar-refractivity contribution in [2.75, 3.05) is 19.7 Å². The predicted octanol–water partition coefficient (Wildman–Crippen LogP) is -3.14. The van der Waals surface area contributed by atoms with Crippen LogP contribution >= 0.6 is 0 Å². The van der Waals surface area contributed by atoms with Gasteiger partial charge in [0, 0.05) is 0 Å². The number of hydrogen-bond donors (Lipinski definition) is 5. The Balaban J connectivity index is 2.73. The first kappa shape index (κ1) is 14.7. The molecule has 1 aliphatic heterocycles. The van der Waals surface area contributed by atoms with E-state index in [0.717, 1.165) is 0 Å². The van der Waals surface area contributed by atoms with Crippen LogP contribution in [0.2, 0.25) is 0 Å². The van der Waals surface area contributed by atoms with Crippen LogP contribution in [0.4, 0.5) is 0 Å². The number of carboxylic acids is 1. The lowest BCUT2D eigenvalue weighted by Gasteiger charge is -2.42. The zero-order valence-electron chi connectivity index (χ0n) is 9.21. The van der Waals surface area contributed by atoms with Crippen molar-refractivity contribution >= 4 is 5.97 Å². The van der Waals surface area contributed by atoms with Crippen molar-refractivity contribution in [3.8, 4) is 0 Å². The highest BCUT2D eigenvalue weighted by Gasteiger charge is 2.49. The van der Waals surface area contributed by atoms with E-state index in [0.29, 0.717) is 5.01 Å². The summed E-state index contributed by atoms with van der Waals surface area (Å²) in [5, 5.41) is 49.2. The maximum Gasteiger partial charge on any atom is 0.325 e. The third-order valence-corrected chi connectivity index (χ3v) is 2.53. The van der Waals surface area contributed by atoms with Crippen LogP contribution in [0.3, 0.4) is 0 Å². The van der Waals surface area contributed by atoms with Gasteiger partial charge in [-0.1, -0.05) is 0 Å². The Kier molecular flexibility index (Phi) is 4.53. The number of aliphatic hydroxyl groups excluding tert-OH is 3. The molecule has 1 aliphatic rings. The molecular formula is C8H14N2O8. The highest BCUT2D eigenvalue weighted by Crippen LogP contribution is 2.25. The fourth-order valence-electron chi connectivity index (χ4n) is 1.56. The van der Waals surface area contributed by atoms with Crippen molar-refractivity contribution in [1.29, 1.82) is 0 Å². The van der Waals surface area contributed by atoms with Gasteiger partial charge in [0.2, 0.25) is 5.79 Å². The van der Waals surface area contributed by atoms with Crippen molar-refractivity contribution in [1.82, 2.24) is 5.01 Å². The average Bonchev–Trinajstić information content (AvgIpc) is 2.31. The van der Waals surface area contributed by atoms with E-state index in [9.17, 15) is 30.1 Å². The van der Waals surface area contributed by atoms with Crippen molar-refractivity contribution in [3.05, 3.63) is 4.91 Å². The predicted molar refractivity (Wildman–Crippen MR) is 53.9 cm³/mol. The maximum absolute atomic E-state index is 10.4. The summed E-state index contributed by atoms with van der Waals surface area (Å²) in [6.45, 7) is -2.04. The summed E-state index contributed by atoms with van der Waals surface area (Å²) in [5.41, 5.74) is 0. The molecule has 10 nitrogen and oxygen atoms in total. The second kappa shape index (κ2) is 5.54. The molecule has 0 spiro atoms. The summed E-state index contributed by atoms with van der Waals surface area (Å²) in [6, 6.07) is 0. The Morgan fingerprint density at radius 2 is 2.06 bits per heavy atom. The van der Waals surface area contributed by atoms with Crippen LogP contribution in [0.5, 0.6) is 0 Å². The molecule has 1 heterocycles. The molecule has 0 aromatic rings. The summed E-state index contributed by atoms with van der Waals surface area (Å²) in [4.78, 5) is 20.8. The first-order valence-electron chi connectivity index (χ1n) is 5.00. The van der Waals surface area contributed by atoms with Crippen molar-refractivity contribution < 1.29 is 35.1 Å². The van der Waals surface area contributed by atoms with E-state index in [-0.39, 0.29) is 0 Å². The quantitative estimate of drug-likeness (QED) is 0.256. The Hall–Kier alpha value is -1.33. The largest absolute Gasteiger partial charge is 0.480 e. The second-order valence-corrected chi connectivity index (χ2v) is 3.96. The minimum atomic E-state index is -2.39. The molecule has 0 aromatic carbocycles. The Morgan fingerprint density at radius 1 is 1.44 bits per heavy atom. The molecular weight excluding hydrogens is 252 g/mol. The van der Waals surface area contributed by atoms with E-state index < -0.39 is 49.8 Å². The molecule has 1 fully saturated rings. The lowest BCUT2D eigenvalue weighted by atomic mass is 9.97. The van der Waals surface area contributed by atoms with Crippen molar-refractivity contribution in [2.45, 2.75) is 24.1 Å². The van der Waals surface area contributed by atoms with E-state index >= 15 is 0 Å². The summed E-state index contributed by atoms with van der Waals surface area (Å²) >= 11 is 0. The number of hydrogen-bond acceptors (Lipinski definition) is 8. The molecule has 10 heteroatoms. The van der Waals surface area contributed by atoms with Gasteiger partial charge >= 0.3 is 5.97 Å².